The van der Waals surface area contributed by atoms with Crippen molar-refractivity contribution in [1.82, 2.24) is 4.98 Å². The topological polar surface area (TPSA) is 89.0 Å². The summed E-state index contributed by atoms with van der Waals surface area (Å²) in [6, 6.07) is 17.3. The molecule has 2 aliphatic rings. The molecular weight excluding hydrogens is 556 g/mol. The van der Waals surface area contributed by atoms with E-state index in [1.54, 1.807) is 25.3 Å². The van der Waals surface area contributed by atoms with E-state index in [-0.39, 0.29) is 17.4 Å². The zero-order valence-electron chi connectivity index (χ0n) is 19.9. The largest absolute Gasteiger partial charge is 0.507 e. The van der Waals surface area contributed by atoms with Crippen LogP contribution in [0.15, 0.2) is 70.7 Å². The Kier molecular flexibility index (Phi) is 5.77. The number of Topliss-reactive ketones (excluding diaryl/α,β-unsaturated/α-hetero) is 1. The number of anilines is 1. The number of halogens is 1. The van der Waals surface area contributed by atoms with Gasteiger partial charge in [0.05, 0.1) is 28.9 Å². The molecule has 0 bridgehead atoms. The lowest BCUT2D eigenvalue weighted by molar-refractivity contribution is -0.132. The fourth-order valence-electron chi connectivity index (χ4n) is 4.84. The SMILES string of the molecule is COc1ccc2nc(N3C(=O)C(=O)C(=C(O)c4ccc5c(c4)C[C@H](C)O5)[C@@H]3c3ccc(Br)cc3)sc2c1. The first-order valence-corrected chi connectivity index (χ1v) is 13.3. The highest BCUT2D eigenvalue weighted by atomic mass is 79.9. The van der Waals surface area contributed by atoms with Gasteiger partial charge in [0.1, 0.15) is 23.4 Å². The average molecular weight is 577 g/mol. The summed E-state index contributed by atoms with van der Waals surface area (Å²) in [6.45, 7) is 1.98. The zero-order valence-corrected chi connectivity index (χ0v) is 22.3. The van der Waals surface area contributed by atoms with E-state index < -0.39 is 17.7 Å². The predicted molar refractivity (Wildman–Crippen MR) is 145 cm³/mol. The summed E-state index contributed by atoms with van der Waals surface area (Å²) >= 11 is 4.74. The van der Waals surface area contributed by atoms with Crippen LogP contribution in [-0.2, 0) is 16.0 Å². The molecule has 3 heterocycles. The third kappa shape index (κ3) is 3.98. The van der Waals surface area contributed by atoms with Gasteiger partial charge in [0.25, 0.3) is 5.78 Å². The van der Waals surface area contributed by atoms with Crippen molar-refractivity contribution in [2.75, 3.05) is 12.0 Å². The smallest absolute Gasteiger partial charge is 0.301 e. The number of benzene rings is 3. The Hall–Kier alpha value is -3.69. The van der Waals surface area contributed by atoms with Crippen LogP contribution in [0.25, 0.3) is 16.0 Å². The number of methoxy groups -OCH3 is 1. The molecule has 1 amide bonds. The molecule has 6 rings (SSSR count). The molecule has 4 aromatic rings. The number of aliphatic hydroxyl groups excluding tert-OH is 1. The van der Waals surface area contributed by atoms with Crippen LogP contribution in [-0.4, -0.2) is 35.0 Å². The number of aromatic nitrogens is 1. The zero-order chi connectivity index (χ0) is 25.8. The molecule has 9 heteroatoms. The van der Waals surface area contributed by atoms with Gasteiger partial charge in [-0.15, -0.1) is 0 Å². The van der Waals surface area contributed by atoms with Crippen molar-refractivity contribution in [3.05, 3.63) is 87.4 Å². The van der Waals surface area contributed by atoms with Crippen LogP contribution in [0, 0.1) is 0 Å². The number of nitrogens with zero attached hydrogens (tertiary/aromatic N) is 2. The number of hydrogen-bond acceptors (Lipinski definition) is 7. The summed E-state index contributed by atoms with van der Waals surface area (Å²) in [7, 11) is 1.58. The standard InChI is InChI=1S/C28H21BrN2O5S/c1-14-11-17-12-16(5-10-21(17)36-14)25(32)23-24(15-3-6-18(29)7-4-15)31(27(34)26(23)33)28-30-20-9-8-19(35-2)13-22(20)37-28/h3-10,12-14,24,32H,11H2,1-2H3/t14-,24-/m0/s1. The van der Waals surface area contributed by atoms with Crippen molar-refractivity contribution >= 4 is 60.1 Å². The van der Waals surface area contributed by atoms with Gasteiger partial charge >= 0.3 is 5.91 Å². The highest BCUT2D eigenvalue weighted by molar-refractivity contribution is 9.10. The molecule has 0 spiro atoms. The van der Waals surface area contributed by atoms with Gasteiger partial charge in [0.15, 0.2) is 5.13 Å². The van der Waals surface area contributed by atoms with Crippen LogP contribution in [0.2, 0.25) is 0 Å². The molecule has 1 aromatic heterocycles. The molecule has 2 aliphatic heterocycles. The third-order valence-electron chi connectivity index (χ3n) is 6.59. The normalized spacial score (nSPS) is 20.4. The van der Waals surface area contributed by atoms with Crippen molar-refractivity contribution < 1.29 is 24.2 Å². The first kappa shape index (κ1) is 23.7. The maximum absolute atomic E-state index is 13.5. The van der Waals surface area contributed by atoms with Crippen LogP contribution >= 0.6 is 27.3 Å². The molecule has 0 unspecified atom stereocenters. The number of rotatable bonds is 4. The molecule has 0 radical (unpaired) electrons. The lowest BCUT2D eigenvalue weighted by Gasteiger charge is -2.23. The summed E-state index contributed by atoms with van der Waals surface area (Å²) in [5, 5.41) is 11.8. The van der Waals surface area contributed by atoms with Crippen LogP contribution < -0.4 is 14.4 Å². The molecule has 0 aliphatic carbocycles. The van der Waals surface area contributed by atoms with Gasteiger partial charge in [0, 0.05) is 16.5 Å². The van der Waals surface area contributed by atoms with Gasteiger partial charge in [-0.05, 0) is 66.6 Å². The van der Waals surface area contributed by atoms with Gasteiger partial charge in [-0.3, -0.25) is 14.5 Å². The Morgan fingerprint density at radius 2 is 1.92 bits per heavy atom. The van der Waals surface area contributed by atoms with E-state index in [1.165, 1.54) is 16.2 Å². The minimum absolute atomic E-state index is 0.0241. The molecule has 1 saturated heterocycles. The van der Waals surface area contributed by atoms with E-state index in [4.69, 9.17) is 9.47 Å². The van der Waals surface area contributed by atoms with Crippen molar-refractivity contribution in [3.63, 3.8) is 0 Å². The summed E-state index contributed by atoms with van der Waals surface area (Å²) in [5.41, 5.74) is 2.80. The predicted octanol–water partition coefficient (Wildman–Crippen LogP) is 6.02. The number of fused-ring (bicyclic) bond motifs is 2. The van der Waals surface area contributed by atoms with Crippen LogP contribution in [0.3, 0.4) is 0 Å². The van der Waals surface area contributed by atoms with E-state index in [0.717, 1.165) is 20.5 Å². The number of amides is 1. The molecule has 186 valence electrons. The molecule has 1 fully saturated rings. The second-order valence-electron chi connectivity index (χ2n) is 9.01. The number of carbonyl (C=O) groups excluding carboxylic acids is 2. The number of hydrogen-bond donors (Lipinski definition) is 1. The van der Waals surface area contributed by atoms with E-state index >= 15 is 0 Å². The number of aliphatic hydroxyl groups is 1. The van der Waals surface area contributed by atoms with Gasteiger partial charge in [-0.25, -0.2) is 4.98 Å². The van der Waals surface area contributed by atoms with Crippen molar-refractivity contribution in [3.8, 4) is 11.5 Å². The molecule has 1 N–H and O–H groups in total. The number of thiazole rings is 1. The lowest BCUT2D eigenvalue weighted by Crippen LogP contribution is -2.29. The fraction of sp³-hybridized carbons (Fsp3) is 0.179. The van der Waals surface area contributed by atoms with Crippen molar-refractivity contribution in [2.45, 2.75) is 25.5 Å². The fourth-order valence-corrected chi connectivity index (χ4v) is 6.12. The minimum atomic E-state index is -0.848. The van der Waals surface area contributed by atoms with Crippen molar-refractivity contribution in [2.24, 2.45) is 0 Å². The first-order chi connectivity index (χ1) is 17.8. The molecule has 0 saturated carbocycles. The lowest BCUT2D eigenvalue weighted by atomic mass is 9.94. The molecule has 7 nitrogen and oxygen atoms in total. The van der Waals surface area contributed by atoms with Gasteiger partial charge in [-0.2, -0.15) is 0 Å². The molecule has 3 aromatic carbocycles. The Labute approximate surface area is 225 Å². The molecule has 2 atom stereocenters. The third-order valence-corrected chi connectivity index (χ3v) is 8.14. The molecular formula is C28H21BrN2O5S. The highest BCUT2D eigenvalue weighted by Gasteiger charge is 2.48. The average Bonchev–Trinajstić information content (AvgIpc) is 3.55. The maximum Gasteiger partial charge on any atom is 0.301 e. The van der Waals surface area contributed by atoms with Gasteiger partial charge in [0.2, 0.25) is 0 Å². The number of carbonyl (C=O) groups is 2. The van der Waals surface area contributed by atoms with Gasteiger partial charge < -0.3 is 14.6 Å². The van der Waals surface area contributed by atoms with E-state index in [2.05, 4.69) is 20.9 Å². The Bertz CT molecular complexity index is 1610. The molecule has 37 heavy (non-hydrogen) atoms. The minimum Gasteiger partial charge on any atom is -0.507 e. The Balaban J connectivity index is 1.52. The van der Waals surface area contributed by atoms with Crippen LogP contribution in [0.4, 0.5) is 5.13 Å². The van der Waals surface area contributed by atoms with Crippen LogP contribution in [0.1, 0.15) is 29.7 Å². The van der Waals surface area contributed by atoms with Gasteiger partial charge in [-0.1, -0.05) is 39.4 Å². The summed E-state index contributed by atoms with van der Waals surface area (Å²) in [5.74, 6) is -0.284. The second kappa shape index (κ2) is 9.00. The Morgan fingerprint density at radius 1 is 1.14 bits per heavy atom. The number of ketones is 1. The second-order valence-corrected chi connectivity index (χ2v) is 10.9. The van der Waals surface area contributed by atoms with E-state index in [1.807, 2.05) is 49.4 Å². The van der Waals surface area contributed by atoms with E-state index in [0.29, 0.717) is 33.9 Å². The van der Waals surface area contributed by atoms with Crippen molar-refractivity contribution in [1.29, 1.82) is 0 Å². The monoisotopic (exact) mass is 576 g/mol. The maximum atomic E-state index is 13.5. The highest BCUT2D eigenvalue weighted by Crippen LogP contribution is 2.45. The first-order valence-electron chi connectivity index (χ1n) is 11.6. The van der Waals surface area contributed by atoms with E-state index in [9.17, 15) is 14.7 Å². The number of ether oxygens (including phenoxy) is 2. The van der Waals surface area contributed by atoms with Crippen LogP contribution in [0.5, 0.6) is 11.5 Å². The summed E-state index contributed by atoms with van der Waals surface area (Å²) in [4.78, 5) is 33.0. The quantitative estimate of drug-likeness (QED) is 0.181. The Morgan fingerprint density at radius 3 is 2.68 bits per heavy atom. The summed E-state index contributed by atoms with van der Waals surface area (Å²) < 4.78 is 12.8. The summed E-state index contributed by atoms with van der Waals surface area (Å²) in [6.07, 6.45) is 0.745.